The van der Waals surface area contributed by atoms with Gasteiger partial charge in [0, 0.05) is 63.8 Å². The summed E-state index contributed by atoms with van der Waals surface area (Å²) >= 11 is 0. The number of aromatic nitrogens is 4. The standard InChI is InChI=1S/C26H40N8O3/c1-20-23(19-34(31-20)10-3-8-32-11-15-37-16-12-32)29-26-28-18-22(21-4-5-21)25(30-26)27-7-2-9-33-13-17-36-14-6-24(33)35/h18-19,21H,2-17H2,1H3,(H2,27,28,29,30). The summed E-state index contributed by atoms with van der Waals surface area (Å²) in [5, 5.41) is 11.6. The third-order valence-electron chi connectivity index (χ3n) is 7.21. The number of rotatable bonds is 12. The summed E-state index contributed by atoms with van der Waals surface area (Å²) in [6, 6.07) is 0. The van der Waals surface area contributed by atoms with E-state index in [2.05, 4.69) is 25.6 Å². The van der Waals surface area contributed by atoms with Crippen LogP contribution >= 0.6 is 0 Å². The van der Waals surface area contributed by atoms with Gasteiger partial charge in [0.25, 0.3) is 0 Å². The van der Waals surface area contributed by atoms with E-state index in [4.69, 9.17) is 14.5 Å². The molecule has 202 valence electrons. The van der Waals surface area contributed by atoms with Crippen molar-refractivity contribution in [3.63, 3.8) is 0 Å². The van der Waals surface area contributed by atoms with Crippen molar-refractivity contribution in [2.75, 3.05) is 76.3 Å². The Bertz CT molecular complexity index is 1030. The maximum atomic E-state index is 12.2. The van der Waals surface area contributed by atoms with Crippen LogP contribution in [0.2, 0.25) is 0 Å². The molecule has 0 bridgehead atoms. The molecule has 0 spiro atoms. The largest absolute Gasteiger partial charge is 0.379 e. The number of anilines is 3. The number of hydrogen-bond donors (Lipinski definition) is 2. The number of nitrogens with one attached hydrogen (secondary N) is 2. The van der Waals surface area contributed by atoms with E-state index in [1.54, 1.807) is 0 Å². The molecule has 5 rings (SSSR count). The first-order chi connectivity index (χ1) is 18.2. The van der Waals surface area contributed by atoms with Crippen molar-refractivity contribution in [1.29, 1.82) is 0 Å². The van der Waals surface area contributed by atoms with Gasteiger partial charge in [0.15, 0.2) is 0 Å². The quantitative estimate of drug-likeness (QED) is 0.414. The Kier molecular flexibility index (Phi) is 8.85. The van der Waals surface area contributed by atoms with Gasteiger partial charge in [-0.15, -0.1) is 0 Å². The number of aryl methyl sites for hydroxylation is 2. The van der Waals surface area contributed by atoms with Crippen LogP contribution in [0.1, 0.15) is 49.3 Å². The van der Waals surface area contributed by atoms with E-state index in [1.807, 2.05) is 28.9 Å². The van der Waals surface area contributed by atoms with E-state index in [1.165, 1.54) is 18.4 Å². The Labute approximate surface area is 218 Å². The van der Waals surface area contributed by atoms with Crippen molar-refractivity contribution in [3.8, 4) is 0 Å². The van der Waals surface area contributed by atoms with Crippen molar-refractivity contribution in [2.45, 2.75) is 51.5 Å². The molecule has 4 heterocycles. The number of carbonyl (C=O) groups is 1. The Morgan fingerprint density at radius 2 is 1.84 bits per heavy atom. The van der Waals surface area contributed by atoms with Crippen LogP contribution < -0.4 is 10.6 Å². The molecule has 2 saturated heterocycles. The molecule has 3 fully saturated rings. The fourth-order valence-corrected chi connectivity index (χ4v) is 4.88. The van der Waals surface area contributed by atoms with Crippen molar-refractivity contribution >= 4 is 23.4 Å². The number of morpholine rings is 1. The van der Waals surface area contributed by atoms with Crippen LogP contribution in [0.5, 0.6) is 0 Å². The SMILES string of the molecule is Cc1nn(CCCN2CCOCC2)cc1Nc1ncc(C2CC2)c(NCCCN2CCOCCC2=O)n1. The summed E-state index contributed by atoms with van der Waals surface area (Å²) in [4.78, 5) is 26.0. The summed E-state index contributed by atoms with van der Waals surface area (Å²) in [5.74, 6) is 2.18. The van der Waals surface area contributed by atoms with Gasteiger partial charge in [0.2, 0.25) is 11.9 Å². The molecule has 2 aliphatic heterocycles. The maximum absolute atomic E-state index is 12.2. The zero-order chi connectivity index (χ0) is 25.5. The lowest BCUT2D eigenvalue weighted by atomic mass is 10.2. The average Bonchev–Trinajstić information content (AvgIpc) is 3.71. The number of amides is 1. The summed E-state index contributed by atoms with van der Waals surface area (Å²) in [5.41, 5.74) is 3.04. The highest BCUT2D eigenvalue weighted by Crippen LogP contribution is 2.42. The van der Waals surface area contributed by atoms with Crippen molar-refractivity contribution in [1.82, 2.24) is 29.5 Å². The minimum atomic E-state index is 0.182. The molecule has 0 atom stereocenters. The van der Waals surface area contributed by atoms with E-state index in [9.17, 15) is 4.79 Å². The molecule has 1 aliphatic carbocycles. The number of carbonyl (C=O) groups excluding carboxylic acids is 1. The second kappa shape index (κ2) is 12.7. The second-order valence-corrected chi connectivity index (χ2v) is 10.1. The highest BCUT2D eigenvalue weighted by molar-refractivity contribution is 5.76. The third-order valence-corrected chi connectivity index (χ3v) is 7.21. The van der Waals surface area contributed by atoms with Crippen LogP contribution in [0.4, 0.5) is 17.5 Å². The molecule has 3 aliphatic rings. The van der Waals surface area contributed by atoms with Gasteiger partial charge in [-0.2, -0.15) is 10.1 Å². The van der Waals surface area contributed by atoms with E-state index in [-0.39, 0.29) is 5.91 Å². The van der Waals surface area contributed by atoms with Gasteiger partial charge < -0.3 is 25.0 Å². The molecule has 11 heteroatoms. The lowest BCUT2D eigenvalue weighted by Gasteiger charge is -2.26. The Morgan fingerprint density at radius 3 is 2.68 bits per heavy atom. The Morgan fingerprint density at radius 1 is 1.03 bits per heavy atom. The molecule has 0 aromatic carbocycles. The lowest BCUT2D eigenvalue weighted by molar-refractivity contribution is -0.130. The first kappa shape index (κ1) is 25.9. The molecular weight excluding hydrogens is 472 g/mol. The lowest BCUT2D eigenvalue weighted by Crippen LogP contribution is -2.37. The van der Waals surface area contributed by atoms with E-state index in [0.29, 0.717) is 38.0 Å². The first-order valence-corrected chi connectivity index (χ1v) is 13.7. The normalized spacial score (nSPS) is 19.2. The zero-order valence-corrected chi connectivity index (χ0v) is 22.0. The summed E-state index contributed by atoms with van der Waals surface area (Å²) < 4.78 is 12.9. The summed E-state index contributed by atoms with van der Waals surface area (Å²) in [6.07, 6.45) is 8.75. The number of nitrogens with zero attached hydrogens (tertiary/aromatic N) is 6. The fourth-order valence-electron chi connectivity index (χ4n) is 4.88. The molecule has 0 unspecified atom stereocenters. The molecular formula is C26H40N8O3. The minimum absolute atomic E-state index is 0.182. The number of hydrogen-bond acceptors (Lipinski definition) is 9. The van der Waals surface area contributed by atoms with Gasteiger partial charge in [-0.1, -0.05) is 0 Å². The third kappa shape index (κ3) is 7.39. The van der Waals surface area contributed by atoms with Gasteiger partial charge >= 0.3 is 0 Å². The average molecular weight is 513 g/mol. The molecule has 1 amide bonds. The topological polar surface area (TPSA) is 110 Å². The molecule has 0 radical (unpaired) electrons. The predicted molar refractivity (Wildman–Crippen MR) is 141 cm³/mol. The predicted octanol–water partition coefficient (Wildman–Crippen LogP) is 2.38. The minimum Gasteiger partial charge on any atom is -0.379 e. The smallest absolute Gasteiger partial charge is 0.229 e. The van der Waals surface area contributed by atoms with Gasteiger partial charge in [-0.25, -0.2) is 4.98 Å². The van der Waals surface area contributed by atoms with Crippen molar-refractivity contribution in [3.05, 3.63) is 23.7 Å². The summed E-state index contributed by atoms with van der Waals surface area (Å²) in [6.45, 7) is 10.9. The van der Waals surface area contributed by atoms with Crippen molar-refractivity contribution < 1.29 is 14.3 Å². The Balaban J connectivity index is 1.14. The van der Waals surface area contributed by atoms with E-state index in [0.717, 1.165) is 82.5 Å². The molecule has 11 nitrogen and oxygen atoms in total. The van der Waals surface area contributed by atoms with Gasteiger partial charge in [-0.05, 0) is 38.5 Å². The van der Waals surface area contributed by atoms with Crippen LogP contribution in [0, 0.1) is 6.92 Å². The van der Waals surface area contributed by atoms with Gasteiger partial charge in [-0.3, -0.25) is 14.4 Å². The Hall–Kier alpha value is -2.76. The molecule has 2 aromatic rings. The maximum Gasteiger partial charge on any atom is 0.229 e. The summed E-state index contributed by atoms with van der Waals surface area (Å²) in [7, 11) is 0. The van der Waals surface area contributed by atoms with Crippen molar-refractivity contribution in [2.24, 2.45) is 0 Å². The van der Waals surface area contributed by atoms with E-state index >= 15 is 0 Å². The highest BCUT2D eigenvalue weighted by Gasteiger charge is 2.28. The van der Waals surface area contributed by atoms with Crippen LogP contribution in [0.15, 0.2) is 12.4 Å². The van der Waals surface area contributed by atoms with Crippen LogP contribution in [-0.4, -0.2) is 101 Å². The fraction of sp³-hybridized carbons (Fsp3) is 0.692. The second-order valence-electron chi connectivity index (χ2n) is 10.1. The van der Waals surface area contributed by atoms with Crippen LogP contribution in [0.25, 0.3) is 0 Å². The van der Waals surface area contributed by atoms with E-state index < -0.39 is 0 Å². The monoisotopic (exact) mass is 512 g/mol. The number of ether oxygens (including phenoxy) is 2. The first-order valence-electron chi connectivity index (χ1n) is 13.7. The van der Waals surface area contributed by atoms with Gasteiger partial charge in [0.05, 0.1) is 44.2 Å². The molecule has 2 N–H and O–H groups in total. The molecule has 1 saturated carbocycles. The van der Waals surface area contributed by atoms with Gasteiger partial charge in [0.1, 0.15) is 5.82 Å². The molecule has 2 aromatic heterocycles. The molecule has 37 heavy (non-hydrogen) atoms. The van der Waals surface area contributed by atoms with Crippen LogP contribution in [-0.2, 0) is 20.8 Å². The highest BCUT2D eigenvalue weighted by atomic mass is 16.5. The van der Waals surface area contributed by atoms with Crippen LogP contribution in [0.3, 0.4) is 0 Å². The zero-order valence-electron chi connectivity index (χ0n) is 22.0.